The molecule has 3 aromatic rings. The molecule has 3 amide bonds. The van der Waals surface area contributed by atoms with E-state index >= 15 is 0 Å². The molecule has 1 heterocycles. The monoisotopic (exact) mass is 418 g/mol. The fraction of sp³-hybridized carbons (Fsp3) is 0.105. The van der Waals surface area contributed by atoms with E-state index in [-0.39, 0.29) is 19.0 Å². The third-order valence-corrected chi connectivity index (χ3v) is 4.78. The largest absolute Gasteiger partial charge is 0.368 e. The molecule has 0 radical (unpaired) electrons. The lowest BCUT2D eigenvalue weighted by molar-refractivity contribution is -0.117. The molecule has 0 fully saturated rings. The van der Waals surface area contributed by atoms with Gasteiger partial charge in [0.2, 0.25) is 5.91 Å². The lowest BCUT2D eigenvalue weighted by Crippen LogP contribution is -2.33. The van der Waals surface area contributed by atoms with Gasteiger partial charge < -0.3 is 21.4 Å². The molecule has 0 saturated heterocycles. The van der Waals surface area contributed by atoms with Crippen molar-refractivity contribution in [1.82, 2.24) is 15.6 Å². The van der Waals surface area contributed by atoms with Gasteiger partial charge in [-0.05, 0) is 29.8 Å². The molecule has 0 saturated carbocycles. The van der Waals surface area contributed by atoms with Gasteiger partial charge in [-0.2, -0.15) is 0 Å². The van der Waals surface area contributed by atoms with Crippen molar-refractivity contribution >= 4 is 51.8 Å². The fourth-order valence-corrected chi connectivity index (χ4v) is 2.95. The minimum absolute atomic E-state index is 0.226. The second kappa shape index (κ2) is 8.33. The first kappa shape index (κ1) is 19.7. The van der Waals surface area contributed by atoms with Gasteiger partial charge in [0.15, 0.2) is 0 Å². The molecule has 28 heavy (non-hydrogen) atoms. The third-order valence-electron chi connectivity index (χ3n) is 4.06. The number of nitrogens with one attached hydrogen (secondary N) is 3. The molecule has 144 valence electrons. The highest BCUT2D eigenvalue weighted by atomic mass is 35.5. The molecule has 0 aliphatic carbocycles. The number of carbonyl (C=O) groups is 3. The van der Waals surface area contributed by atoms with Crippen LogP contribution in [0, 0.1) is 0 Å². The van der Waals surface area contributed by atoms with E-state index in [4.69, 9.17) is 28.9 Å². The van der Waals surface area contributed by atoms with Gasteiger partial charge in [-0.3, -0.25) is 14.4 Å². The second-order valence-corrected chi connectivity index (χ2v) is 6.86. The van der Waals surface area contributed by atoms with E-state index in [1.165, 1.54) is 0 Å². The predicted octanol–water partition coefficient (Wildman–Crippen LogP) is 2.62. The van der Waals surface area contributed by atoms with Crippen LogP contribution in [0.1, 0.15) is 26.3 Å². The molecule has 7 nitrogen and oxygen atoms in total. The van der Waals surface area contributed by atoms with Crippen molar-refractivity contribution in [3.63, 3.8) is 0 Å². The molecule has 0 aliphatic heterocycles. The summed E-state index contributed by atoms with van der Waals surface area (Å²) in [5.74, 6) is -1.29. The summed E-state index contributed by atoms with van der Waals surface area (Å²) in [5.41, 5.74) is 7.35. The summed E-state index contributed by atoms with van der Waals surface area (Å²) in [4.78, 5) is 38.0. The Balaban J connectivity index is 1.64. The van der Waals surface area contributed by atoms with Crippen molar-refractivity contribution < 1.29 is 14.4 Å². The quantitative estimate of drug-likeness (QED) is 0.492. The minimum atomic E-state index is -0.617. The Morgan fingerprint density at radius 2 is 1.64 bits per heavy atom. The van der Waals surface area contributed by atoms with Crippen LogP contribution in [0.25, 0.3) is 10.9 Å². The van der Waals surface area contributed by atoms with E-state index in [1.54, 1.807) is 42.6 Å². The van der Waals surface area contributed by atoms with Crippen molar-refractivity contribution in [3.05, 3.63) is 69.3 Å². The molecule has 2 aromatic carbocycles. The highest BCUT2D eigenvalue weighted by Gasteiger charge is 2.14. The molecular formula is C19H16Cl2N4O3. The van der Waals surface area contributed by atoms with Gasteiger partial charge >= 0.3 is 0 Å². The summed E-state index contributed by atoms with van der Waals surface area (Å²) in [6.45, 7) is 0.0481. The zero-order valence-electron chi connectivity index (χ0n) is 14.5. The third kappa shape index (κ3) is 4.44. The lowest BCUT2D eigenvalue weighted by Gasteiger charge is -2.07. The number of carbonyl (C=O) groups excluding carboxylic acids is 3. The number of halogens is 2. The maximum absolute atomic E-state index is 12.5. The Morgan fingerprint density at radius 1 is 0.964 bits per heavy atom. The maximum Gasteiger partial charge on any atom is 0.253 e. The Labute approximate surface area is 170 Å². The van der Waals surface area contributed by atoms with Crippen molar-refractivity contribution in [2.75, 3.05) is 6.54 Å². The average molecular weight is 419 g/mol. The fourth-order valence-electron chi connectivity index (χ4n) is 2.63. The van der Waals surface area contributed by atoms with Gasteiger partial charge in [0.1, 0.15) is 0 Å². The summed E-state index contributed by atoms with van der Waals surface area (Å²) in [7, 11) is 0. The van der Waals surface area contributed by atoms with Crippen molar-refractivity contribution in [1.29, 1.82) is 0 Å². The zero-order valence-corrected chi connectivity index (χ0v) is 16.0. The number of primary amides is 1. The Hall–Kier alpha value is -3.03. The van der Waals surface area contributed by atoms with Gasteiger partial charge in [-0.1, -0.05) is 35.3 Å². The smallest absolute Gasteiger partial charge is 0.253 e. The van der Waals surface area contributed by atoms with Crippen molar-refractivity contribution in [2.24, 2.45) is 5.73 Å². The molecule has 0 aliphatic rings. The normalized spacial score (nSPS) is 10.6. The number of hydrogen-bond donors (Lipinski definition) is 4. The molecule has 3 rings (SSSR count). The van der Waals surface area contributed by atoms with E-state index in [1.807, 2.05) is 0 Å². The van der Waals surface area contributed by atoms with Crippen LogP contribution in [0.2, 0.25) is 10.0 Å². The first-order valence-electron chi connectivity index (χ1n) is 8.25. The van der Waals surface area contributed by atoms with E-state index in [2.05, 4.69) is 15.6 Å². The van der Waals surface area contributed by atoms with Crippen molar-refractivity contribution in [3.8, 4) is 0 Å². The summed E-state index contributed by atoms with van der Waals surface area (Å²) in [6.07, 6.45) is 1.60. The topological polar surface area (TPSA) is 117 Å². The SMILES string of the molecule is NC(=O)CNC(=O)c1ccc(CNC(=O)c2c[nH]c3cc(Cl)c(Cl)cc23)cc1. The number of hydrogen-bond acceptors (Lipinski definition) is 3. The van der Waals surface area contributed by atoms with Gasteiger partial charge in [0.05, 0.1) is 22.2 Å². The predicted molar refractivity (Wildman–Crippen MR) is 107 cm³/mol. The number of aromatic nitrogens is 1. The van der Waals surface area contributed by atoms with Crippen LogP contribution in [-0.4, -0.2) is 29.3 Å². The van der Waals surface area contributed by atoms with Gasteiger partial charge in [0.25, 0.3) is 11.8 Å². The number of amides is 3. The van der Waals surface area contributed by atoms with E-state index in [9.17, 15) is 14.4 Å². The standard InChI is InChI=1S/C19H16Cl2N4O3/c20-14-5-12-13(8-23-16(12)6-15(14)21)19(28)24-7-10-1-3-11(4-2-10)18(27)25-9-17(22)26/h1-6,8,23H,7,9H2,(H2,22,26)(H,24,28)(H,25,27). The summed E-state index contributed by atoms with van der Waals surface area (Å²) in [5, 5.41) is 6.67. The second-order valence-electron chi connectivity index (χ2n) is 6.04. The van der Waals surface area contributed by atoms with Gasteiger partial charge in [-0.25, -0.2) is 0 Å². The molecule has 0 bridgehead atoms. The summed E-state index contributed by atoms with van der Waals surface area (Å²) < 4.78 is 0. The molecule has 0 spiro atoms. The van der Waals surface area contributed by atoms with Crippen LogP contribution >= 0.6 is 23.2 Å². The van der Waals surface area contributed by atoms with Crippen molar-refractivity contribution in [2.45, 2.75) is 6.54 Å². The molecule has 5 N–H and O–H groups in total. The molecule has 9 heteroatoms. The van der Waals surface area contributed by atoms with Crippen LogP contribution in [0.15, 0.2) is 42.6 Å². The van der Waals surface area contributed by atoms with Gasteiger partial charge in [0, 0.05) is 29.2 Å². The van der Waals surface area contributed by atoms with E-state index < -0.39 is 11.8 Å². The van der Waals surface area contributed by atoms with Crippen LogP contribution in [0.3, 0.4) is 0 Å². The highest BCUT2D eigenvalue weighted by Crippen LogP contribution is 2.29. The van der Waals surface area contributed by atoms with Crippen LogP contribution in [0.5, 0.6) is 0 Å². The summed E-state index contributed by atoms with van der Waals surface area (Å²) in [6, 6.07) is 9.94. The lowest BCUT2D eigenvalue weighted by atomic mass is 10.1. The number of benzene rings is 2. The number of nitrogens with two attached hydrogens (primary N) is 1. The first-order chi connectivity index (χ1) is 13.3. The maximum atomic E-state index is 12.5. The number of H-pyrrole nitrogens is 1. The Morgan fingerprint density at radius 3 is 2.32 bits per heavy atom. The minimum Gasteiger partial charge on any atom is -0.368 e. The average Bonchev–Trinajstić information content (AvgIpc) is 3.07. The Bertz CT molecular complexity index is 1060. The van der Waals surface area contributed by atoms with Crippen LogP contribution in [-0.2, 0) is 11.3 Å². The Kier molecular flexibility index (Phi) is 5.87. The summed E-state index contributed by atoms with van der Waals surface area (Å²) >= 11 is 12.0. The van der Waals surface area contributed by atoms with Crippen LogP contribution in [0.4, 0.5) is 0 Å². The van der Waals surface area contributed by atoms with E-state index in [0.717, 1.165) is 5.56 Å². The van der Waals surface area contributed by atoms with E-state index in [0.29, 0.717) is 32.1 Å². The molecule has 0 unspecified atom stereocenters. The van der Waals surface area contributed by atoms with Crippen LogP contribution < -0.4 is 16.4 Å². The van der Waals surface area contributed by atoms with Gasteiger partial charge in [-0.15, -0.1) is 0 Å². The highest BCUT2D eigenvalue weighted by molar-refractivity contribution is 6.43. The number of rotatable bonds is 6. The molecule has 0 atom stereocenters. The number of fused-ring (bicyclic) bond motifs is 1. The molecule has 1 aromatic heterocycles. The molecular weight excluding hydrogens is 403 g/mol. The zero-order chi connectivity index (χ0) is 20.3. The first-order valence-corrected chi connectivity index (χ1v) is 9.00. The number of aromatic amines is 1.